The van der Waals surface area contributed by atoms with Crippen molar-refractivity contribution >= 4 is 0 Å². The van der Waals surface area contributed by atoms with Gasteiger partial charge in [-0.15, -0.1) is 0 Å². The summed E-state index contributed by atoms with van der Waals surface area (Å²) in [6, 6.07) is 15.7. The van der Waals surface area contributed by atoms with Crippen LogP contribution >= 0.6 is 0 Å². The summed E-state index contributed by atoms with van der Waals surface area (Å²) in [5.74, 6) is -0.521. The van der Waals surface area contributed by atoms with Crippen LogP contribution < -0.4 is 0 Å². The highest BCUT2D eigenvalue weighted by Crippen LogP contribution is 2.28. The standard InChI is InChI=1S/C16H13N5/c1-11(9-18)13(10-19)15-14(7-8-17)20-16(21-15)12-5-3-2-4-6-12/h2-6,11,13H,7H2,1H3,(H,20,21). The average molecular weight is 275 g/mol. The van der Waals surface area contributed by atoms with Crippen molar-refractivity contribution in [1.82, 2.24) is 9.97 Å². The first-order valence-corrected chi connectivity index (χ1v) is 6.51. The number of nitrogens with zero attached hydrogens (tertiary/aromatic N) is 4. The van der Waals surface area contributed by atoms with E-state index in [1.54, 1.807) is 6.92 Å². The lowest BCUT2D eigenvalue weighted by Crippen LogP contribution is -2.08. The van der Waals surface area contributed by atoms with Gasteiger partial charge in [0.1, 0.15) is 11.7 Å². The van der Waals surface area contributed by atoms with E-state index < -0.39 is 11.8 Å². The average Bonchev–Trinajstić information content (AvgIpc) is 2.93. The maximum atomic E-state index is 9.32. The highest BCUT2D eigenvalue weighted by atomic mass is 14.9. The van der Waals surface area contributed by atoms with Gasteiger partial charge in [0.15, 0.2) is 0 Å². The molecule has 0 radical (unpaired) electrons. The zero-order valence-electron chi connectivity index (χ0n) is 11.5. The van der Waals surface area contributed by atoms with E-state index in [1.165, 1.54) is 0 Å². The van der Waals surface area contributed by atoms with Crippen LogP contribution in [0.1, 0.15) is 24.2 Å². The van der Waals surface area contributed by atoms with Gasteiger partial charge in [0.05, 0.1) is 41.9 Å². The van der Waals surface area contributed by atoms with Crippen molar-refractivity contribution in [3.05, 3.63) is 41.7 Å². The van der Waals surface area contributed by atoms with Gasteiger partial charge >= 0.3 is 0 Å². The Morgan fingerprint density at radius 1 is 1.14 bits per heavy atom. The lowest BCUT2D eigenvalue weighted by molar-refractivity contribution is 0.647. The molecule has 2 unspecified atom stereocenters. The van der Waals surface area contributed by atoms with Crippen LogP contribution in [-0.2, 0) is 6.42 Å². The first-order chi connectivity index (χ1) is 10.2. The molecule has 102 valence electrons. The van der Waals surface area contributed by atoms with E-state index in [0.717, 1.165) is 5.56 Å². The SMILES string of the molecule is CC(C#N)C(C#N)c1nc(-c2ccccc2)[nH]c1CC#N. The molecule has 0 amide bonds. The minimum Gasteiger partial charge on any atom is -0.341 e. The molecule has 2 aromatic rings. The highest BCUT2D eigenvalue weighted by molar-refractivity contribution is 5.56. The Balaban J connectivity index is 2.51. The number of aromatic amines is 1. The van der Waals surface area contributed by atoms with Gasteiger partial charge in [-0.2, -0.15) is 15.8 Å². The fraction of sp³-hybridized carbons (Fsp3) is 0.250. The molecule has 1 heterocycles. The monoisotopic (exact) mass is 275 g/mol. The van der Waals surface area contributed by atoms with E-state index in [1.807, 2.05) is 30.3 Å². The largest absolute Gasteiger partial charge is 0.341 e. The van der Waals surface area contributed by atoms with Crippen LogP contribution in [0.3, 0.4) is 0 Å². The smallest absolute Gasteiger partial charge is 0.137 e. The number of imidazole rings is 1. The Morgan fingerprint density at radius 2 is 1.86 bits per heavy atom. The summed E-state index contributed by atoms with van der Waals surface area (Å²) in [7, 11) is 0. The van der Waals surface area contributed by atoms with Gasteiger partial charge in [0.25, 0.3) is 0 Å². The van der Waals surface area contributed by atoms with Crippen LogP contribution in [0.2, 0.25) is 0 Å². The molecule has 0 aliphatic carbocycles. The van der Waals surface area contributed by atoms with Crippen LogP contribution in [0.5, 0.6) is 0 Å². The van der Waals surface area contributed by atoms with E-state index in [9.17, 15) is 5.26 Å². The number of aromatic nitrogens is 2. The van der Waals surface area contributed by atoms with Crippen molar-refractivity contribution in [2.24, 2.45) is 5.92 Å². The third-order valence-corrected chi connectivity index (χ3v) is 3.25. The van der Waals surface area contributed by atoms with E-state index in [4.69, 9.17) is 10.5 Å². The molecular formula is C16H13N5. The third-order valence-electron chi connectivity index (χ3n) is 3.25. The normalized spacial score (nSPS) is 12.7. The van der Waals surface area contributed by atoms with Gasteiger partial charge in [-0.3, -0.25) is 0 Å². The van der Waals surface area contributed by atoms with Crippen molar-refractivity contribution in [1.29, 1.82) is 15.8 Å². The van der Waals surface area contributed by atoms with Gasteiger partial charge in [0.2, 0.25) is 0 Å². The van der Waals surface area contributed by atoms with Crippen molar-refractivity contribution < 1.29 is 0 Å². The molecule has 0 bridgehead atoms. The molecule has 0 aliphatic rings. The molecule has 21 heavy (non-hydrogen) atoms. The van der Waals surface area contributed by atoms with Crippen molar-refractivity contribution in [3.8, 4) is 29.6 Å². The number of hydrogen-bond acceptors (Lipinski definition) is 4. The minimum absolute atomic E-state index is 0.130. The first-order valence-electron chi connectivity index (χ1n) is 6.51. The molecule has 2 rings (SSSR count). The molecule has 0 aliphatic heterocycles. The Kier molecular flexibility index (Phi) is 4.34. The fourth-order valence-corrected chi connectivity index (χ4v) is 2.11. The molecular weight excluding hydrogens is 262 g/mol. The summed E-state index contributed by atoms with van der Waals surface area (Å²) in [5, 5.41) is 27.3. The molecule has 2 atom stereocenters. The molecule has 5 heteroatoms. The van der Waals surface area contributed by atoms with Gasteiger partial charge < -0.3 is 4.98 Å². The molecule has 0 saturated carbocycles. The molecule has 0 fully saturated rings. The second kappa shape index (κ2) is 6.37. The minimum atomic E-state index is -0.646. The van der Waals surface area contributed by atoms with Gasteiger partial charge in [0, 0.05) is 5.56 Å². The molecule has 1 N–H and O–H groups in total. The van der Waals surface area contributed by atoms with E-state index in [2.05, 4.69) is 28.2 Å². The van der Waals surface area contributed by atoms with Crippen molar-refractivity contribution in [2.75, 3.05) is 0 Å². The predicted molar refractivity (Wildman–Crippen MR) is 76.5 cm³/mol. The zero-order valence-corrected chi connectivity index (χ0v) is 11.5. The molecule has 5 nitrogen and oxygen atoms in total. The van der Waals surface area contributed by atoms with E-state index in [0.29, 0.717) is 17.2 Å². The first kappa shape index (κ1) is 14.3. The van der Waals surface area contributed by atoms with Crippen LogP contribution in [-0.4, -0.2) is 9.97 Å². The number of nitriles is 3. The molecule has 0 spiro atoms. The van der Waals surface area contributed by atoms with E-state index in [-0.39, 0.29) is 6.42 Å². The topological polar surface area (TPSA) is 100 Å². The number of H-pyrrole nitrogens is 1. The summed E-state index contributed by atoms with van der Waals surface area (Å²) >= 11 is 0. The molecule has 1 aromatic heterocycles. The van der Waals surface area contributed by atoms with Crippen molar-refractivity contribution in [3.63, 3.8) is 0 Å². The van der Waals surface area contributed by atoms with Crippen LogP contribution in [0.25, 0.3) is 11.4 Å². The third kappa shape index (κ3) is 2.91. The van der Waals surface area contributed by atoms with Gasteiger partial charge in [-0.1, -0.05) is 30.3 Å². The lowest BCUT2D eigenvalue weighted by Gasteiger charge is -2.08. The van der Waals surface area contributed by atoms with Crippen molar-refractivity contribution in [2.45, 2.75) is 19.3 Å². The second-order valence-electron chi connectivity index (χ2n) is 4.67. The maximum absolute atomic E-state index is 9.32. The Morgan fingerprint density at radius 3 is 2.43 bits per heavy atom. The van der Waals surface area contributed by atoms with Crippen LogP contribution in [0, 0.1) is 39.9 Å². The lowest BCUT2D eigenvalue weighted by atomic mass is 9.92. The number of rotatable bonds is 4. The maximum Gasteiger partial charge on any atom is 0.137 e. The Labute approximate surface area is 123 Å². The summed E-state index contributed by atoms with van der Waals surface area (Å²) in [6.45, 7) is 1.68. The summed E-state index contributed by atoms with van der Waals surface area (Å²) in [5.41, 5.74) is 1.97. The molecule has 0 saturated heterocycles. The summed E-state index contributed by atoms with van der Waals surface area (Å²) in [6.07, 6.45) is 0.130. The Bertz CT molecular complexity index is 740. The van der Waals surface area contributed by atoms with Gasteiger partial charge in [-0.05, 0) is 6.92 Å². The fourth-order valence-electron chi connectivity index (χ4n) is 2.11. The van der Waals surface area contributed by atoms with E-state index >= 15 is 0 Å². The predicted octanol–water partition coefficient (Wildman–Crippen LogP) is 2.91. The zero-order chi connectivity index (χ0) is 15.2. The number of benzene rings is 1. The second-order valence-corrected chi connectivity index (χ2v) is 4.67. The summed E-state index contributed by atoms with van der Waals surface area (Å²) < 4.78 is 0. The summed E-state index contributed by atoms with van der Waals surface area (Å²) in [4.78, 5) is 7.56. The number of nitrogens with one attached hydrogen (secondary N) is 1. The quantitative estimate of drug-likeness (QED) is 0.926. The highest BCUT2D eigenvalue weighted by Gasteiger charge is 2.25. The van der Waals surface area contributed by atoms with Gasteiger partial charge in [-0.25, -0.2) is 4.98 Å². The van der Waals surface area contributed by atoms with Crippen LogP contribution in [0.15, 0.2) is 30.3 Å². The van der Waals surface area contributed by atoms with Crippen LogP contribution in [0.4, 0.5) is 0 Å². The number of hydrogen-bond donors (Lipinski definition) is 1. The Hall–Kier alpha value is -3.10. The molecule has 1 aromatic carbocycles.